The Morgan fingerprint density at radius 2 is 2.25 bits per heavy atom. The van der Waals surface area contributed by atoms with Crippen LogP contribution in [-0.2, 0) is 10.3 Å². The minimum absolute atomic E-state index is 0.102. The van der Waals surface area contributed by atoms with Crippen LogP contribution in [0.4, 0.5) is 0 Å². The molecule has 0 saturated heterocycles. The normalized spacial score (nSPS) is 40.4. The third-order valence-electron chi connectivity index (χ3n) is 2.54. The molecule has 2 rings (SSSR count). The molecular formula is C12H13BrClNO. The van der Waals surface area contributed by atoms with Gasteiger partial charge in [0.15, 0.2) is 5.78 Å². The van der Waals surface area contributed by atoms with Crippen molar-refractivity contribution in [3.05, 3.63) is 34.9 Å². The zero-order valence-corrected chi connectivity index (χ0v) is 10.7. The van der Waals surface area contributed by atoms with Crippen LogP contribution in [-0.4, -0.2) is 10.6 Å². The number of halogens is 2. The van der Waals surface area contributed by atoms with Gasteiger partial charge in [0.05, 0.1) is 4.83 Å². The van der Waals surface area contributed by atoms with Gasteiger partial charge in [0.1, 0.15) is 5.54 Å². The monoisotopic (exact) mass is 305 g/mol. The van der Waals surface area contributed by atoms with Crippen LogP contribution in [0.1, 0.15) is 30.2 Å². The van der Waals surface area contributed by atoms with Gasteiger partial charge in [-0.2, -0.15) is 0 Å². The lowest BCUT2D eigenvalue weighted by molar-refractivity contribution is -0.125. The lowest BCUT2D eigenvalue weighted by atomic mass is 9.76. The number of benzene rings is 1. The van der Waals surface area contributed by atoms with Gasteiger partial charge in [-0.05, 0) is 30.8 Å². The third kappa shape index (κ3) is 1.92. The third-order valence-corrected chi connectivity index (χ3v) is 3.61. The second-order valence-electron chi connectivity index (χ2n) is 3.63. The molecule has 4 heteroatoms. The van der Waals surface area contributed by atoms with Crippen molar-refractivity contribution in [1.82, 2.24) is 0 Å². The van der Waals surface area contributed by atoms with E-state index in [1.165, 1.54) is 12.1 Å². The van der Waals surface area contributed by atoms with Crippen LogP contribution in [0.2, 0.25) is 5.02 Å². The van der Waals surface area contributed by atoms with Crippen molar-refractivity contribution in [1.29, 1.82) is 0 Å². The SMILES string of the molecule is [2H]C1([2H])CC(Br)C(=O)C(N)(c2ccccc2Cl)C1([2H])[2H]. The second kappa shape index (κ2) is 4.47. The molecule has 0 heterocycles. The molecule has 0 amide bonds. The number of carbonyl (C=O) groups excluding carboxylic acids is 1. The number of rotatable bonds is 1. The minimum Gasteiger partial charge on any atom is -0.315 e. The molecule has 0 radical (unpaired) electrons. The molecule has 1 aliphatic carbocycles. The topological polar surface area (TPSA) is 43.1 Å². The molecule has 1 aliphatic rings. The molecule has 2 atom stereocenters. The molecule has 16 heavy (non-hydrogen) atoms. The van der Waals surface area contributed by atoms with Gasteiger partial charge in [0, 0.05) is 10.5 Å². The van der Waals surface area contributed by atoms with E-state index in [1.807, 2.05) is 0 Å². The first-order valence-corrected chi connectivity index (χ1v) is 6.07. The van der Waals surface area contributed by atoms with E-state index < -0.39 is 28.9 Å². The standard InChI is InChI=1S/C12H13BrClNO/c13-9-5-3-7-12(15,11(9)16)8-4-1-2-6-10(8)14/h1-2,4,6,9H,3,5,7,15H2/i3D2,7D2. The van der Waals surface area contributed by atoms with Gasteiger partial charge in [-0.3, -0.25) is 4.79 Å². The first-order chi connectivity index (χ1) is 9.05. The molecular weight excluding hydrogens is 289 g/mol. The van der Waals surface area contributed by atoms with Gasteiger partial charge < -0.3 is 5.73 Å². The predicted octanol–water partition coefficient (Wildman–Crippen LogP) is 3.01. The Balaban J connectivity index is 2.73. The summed E-state index contributed by atoms with van der Waals surface area (Å²) in [5.74, 6) is -0.606. The summed E-state index contributed by atoms with van der Waals surface area (Å²) in [5.41, 5.74) is 4.05. The summed E-state index contributed by atoms with van der Waals surface area (Å²) in [4.78, 5) is 11.6. The zero-order valence-electron chi connectivity index (χ0n) is 12.3. The van der Waals surface area contributed by atoms with E-state index in [0.29, 0.717) is 0 Å². The first kappa shape index (κ1) is 7.85. The summed E-state index contributed by atoms with van der Waals surface area (Å²) >= 11 is 9.14. The Labute approximate surface area is 114 Å². The maximum Gasteiger partial charge on any atom is 0.170 e. The molecule has 0 aliphatic heterocycles. The number of carbonyl (C=O) groups is 1. The van der Waals surface area contributed by atoms with Crippen LogP contribution in [0, 0.1) is 0 Å². The number of hydrogen-bond acceptors (Lipinski definition) is 2. The van der Waals surface area contributed by atoms with Crippen molar-refractivity contribution in [2.24, 2.45) is 5.73 Å². The molecule has 0 spiro atoms. The van der Waals surface area contributed by atoms with Crippen LogP contribution >= 0.6 is 27.5 Å². The highest BCUT2D eigenvalue weighted by molar-refractivity contribution is 9.10. The van der Waals surface area contributed by atoms with E-state index in [9.17, 15) is 4.79 Å². The van der Waals surface area contributed by atoms with Crippen LogP contribution in [0.25, 0.3) is 0 Å². The van der Waals surface area contributed by atoms with Gasteiger partial charge in [0.25, 0.3) is 0 Å². The summed E-state index contributed by atoms with van der Waals surface area (Å²) in [5, 5.41) is 0.143. The van der Waals surface area contributed by atoms with Gasteiger partial charge in [-0.15, -0.1) is 0 Å². The highest BCUT2D eigenvalue weighted by Gasteiger charge is 2.42. The highest BCUT2D eigenvalue weighted by Crippen LogP contribution is 2.37. The number of ketones is 1. The Hall–Kier alpha value is -0.380. The molecule has 1 aromatic rings. The van der Waals surface area contributed by atoms with Crippen molar-refractivity contribution in [2.75, 3.05) is 0 Å². The Morgan fingerprint density at radius 3 is 2.94 bits per heavy atom. The Bertz CT molecular complexity index is 568. The van der Waals surface area contributed by atoms with Crippen LogP contribution < -0.4 is 5.73 Å². The van der Waals surface area contributed by atoms with E-state index in [-0.39, 0.29) is 17.0 Å². The molecule has 1 fully saturated rings. The maximum atomic E-state index is 12.5. The number of nitrogens with two attached hydrogens (primary N) is 1. The first-order valence-electron chi connectivity index (χ1n) is 6.78. The summed E-state index contributed by atoms with van der Waals surface area (Å²) in [6.07, 6.45) is -5.11. The Morgan fingerprint density at radius 1 is 1.56 bits per heavy atom. The quantitative estimate of drug-likeness (QED) is 0.811. The molecule has 1 saturated carbocycles. The lowest BCUT2D eigenvalue weighted by Crippen LogP contribution is -2.51. The molecule has 2 N–H and O–H groups in total. The molecule has 0 bridgehead atoms. The summed E-state index contributed by atoms with van der Waals surface area (Å²) in [7, 11) is 0. The molecule has 1 aromatic carbocycles. The summed E-state index contributed by atoms with van der Waals surface area (Å²) < 4.78 is 32.0. The fourth-order valence-corrected chi connectivity index (χ4v) is 2.47. The minimum atomic E-state index is -2.58. The molecule has 0 aromatic heterocycles. The van der Waals surface area contributed by atoms with Crippen molar-refractivity contribution >= 4 is 33.3 Å². The van der Waals surface area contributed by atoms with Crippen molar-refractivity contribution in [2.45, 2.75) is 29.5 Å². The van der Waals surface area contributed by atoms with Crippen molar-refractivity contribution < 1.29 is 10.3 Å². The van der Waals surface area contributed by atoms with Crippen LogP contribution in [0.3, 0.4) is 0 Å². The molecule has 86 valence electrons. The van der Waals surface area contributed by atoms with Crippen LogP contribution in [0.5, 0.6) is 0 Å². The molecule has 2 nitrogen and oxygen atoms in total. The van der Waals surface area contributed by atoms with Crippen LogP contribution in [0.15, 0.2) is 24.3 Å². The smallest absolute Gasteiger partial charge is 0.170 e. The fourth-order valence-electron chi connectivity index (χ4n) is 1.66. The summed E-state index contributed by atoms with van der Waals surface area (Å²) in [6.45, 7) is 0. The van der Waals surface area contributed by atoms with Gasteiger partial charge >= 0.3 is 0 Å². The number of hydrogen-bond donors (Lipinski definition) is 1. The van der Waals surface area contributed by atoms with Crippen molar-refractivity contribution in [3.8, 4) is 0 Å². The average molecular weight is 307 g/mol. The predicted molar refractivity (Wildman–Crippen MR) is 68.9 cm³/mol. The number of Topliss-reactive ketones (excluding diaryl/α,β-unsaturated/α-hetero) is 1. The summed E-state index contributed by atoms with van der Waals surface area (Å²) in [6, 6.07) is 6.19. The van der Waals surface area contributed by atoms with E-state index in [0.717, 1.165) is 0 Å². The maximum absolute atomic E-state index is 12.5. The fraction of sp³-hybridized carbons (Fsp3) is 0.417. The van der Waals surface area contributed by atoms with Gasteiger partial charge in [-0.1, -0.05) is 45.7 Å². The highest BCUT2D eigenvalue weighted by atomic mass is 79.9. The lowest BCUT2D eigenvalue weighted by Gasteiger charge is -2.35. The average Bonchev–Trinajstić information content (AvgIpc) is 2.35. The molecule has 2 unspecified atom stereocenters. The largest absolute Gasteiger partial charge is 0.315 e. The zero-order chi connectivity index (χ0) is 15.3. The number of alkyl halides is 1. The van der Waals surface area contributed by atoms with E-state index >= 15 is 0 Å². The van der Waals surface area contributed by atoms with Gasteiger partial charge in [0.2, 0.25) is 0 Å². The second-order valence-corrected chi connectivity index (χ2v) is 5.14. The van der Waals surface area contributed by atoms with Crippen molar-refractivity contribution in [3.63, 3.8) is 0 Å². The van der Waals surface area contributed by atoms with Gasteiger partial charge in [-0.25, -0.2) is 0 Å². The van der Waals surface area contributed by atoms with E-state index in [1.54, 1.807) is 12.1 Å². The Kier molecular flexibility index (Phi) is 2.20. The van der Waals surface area contributed by atoms with E-state index in [4.69, 9.17) is 22.8 Å². The van der Waals surface area contributed by atoms with E-state index in [2.05, 4.69) is 15.9 Å².